The maximum absolute atomic E-state index is 12.0. The molecular weight excluding hydrogens is 318 g/mol. The Labute approximate surface area is 136 Å². The van der Waals surface area contributed by atoms with Crippen LogP contribution < -0.4 is 5.32 Å². The first kappa shape index (κ1) is 17.5. The average Bonchev–Trinajstić information content (AvgIpc) is 2.69. The van der Waals surface area contributed by atoms with Crippen molar-refractivity contribution in [2.45, 2.75) is 32.7 Å². The number of benzene rings is 1. The van der Waals surface area contributed by atoms with Gasteiger partial charge in [0.25, 0.3) is 5.91 Å². The van der Waals surface area contributed by atoms with Crippen LogP contribution in [0.15, 0.2) is 18.2 Å². The number of esters is 1. The summed E-state index contributed by atoms with van der Waals surface area (Å²) in [4.78, 5) is 23.9. The number of carbonyl (C=O) groups is 2. The standard InChI is InChI=1S/C16H21NO5S/c1-11-4-5-13(12(2)8-11)15(19)22-9-14(18)17-16(3)6-7-23(20,21)10-16/h4-5,8H,6-7,9-10H2,1-3H3,(H,17,18). The van der Waals surface area contributed by atoms with Crippen LogP contribution in [0.25, 0.3) is 0 Å². The molecule has 0 aliphatic carbocycles. The van der Waals surface area contributed by atoms with Gasteiger partial charge in [0.15, 0.2) is 16.4 Å². The monoisotopic (exact) mass is 339 g/mol. The highest BCUT2D eigenvalue weighted by molar-refractivity contribution is 7.91. The van der Waals surface area contributed by atoms with Crippen LogP contribution >= 0.6 is 0 Å². The molecule has 0 radical (unpaired) electrons. The molecule has 6 nitrogen and oxygen atoms in total. The molecular formula is C16H21NO5S. The Hall–Kier alpha value is -1.89. The number of sulfone groups is 1. The van der Waals surface area contributed by atoms with Gasteiger partial charge in [-0.1, -0.05) is 17.7 Å². The van der Waals surface area contributed by atoms with Crippen LogP contribution in [-0.4, -0.2) is 43.9 Å². The summed E-state index contributed by atoms with van der Waals surface area (Å²) in [6, 6.07) is 5.32. The minimum atomic E-state index is -3.11. The molecule has 1 N–H and O–H groups in total. The molecule has 7 heteroatoms. The van der Waals surface area contributed by atoms with Gasteiger partial charge in [0, 0.05) is 0 Å². The molecule has 1 heterocycles. The number of carbonyl (C=O) groups excluding carboxylic acids is 2. The van der Waals surface area contributed by atoms with E-state index in [1.54, 1.807) is 26.0 Å². The van der Waals surface area contributed by atoms with Crippen LogP contribution in [0, 0.1) is 13.8 Å². The van der Waals surface area contributed by atoms with Gasteiger partial charge in [0.05, 0.1) is 22.6 Å². The fourth-order valence-electron chi connectivity index (χ4n) is 2.73. The summed E-state index contributed by atoms with van der Waals surface area (Å²) in [6.07, 6.45) is 0.367. The molecule has 1 fully saturated rings. The Morgan fingerprint density at radius 1 is 1.30 bits per heavy atom. The zero-order valence-corrected chi connectivity index (χ0v) is 14.3. The molecule has 1 atom stereocenters. The Kier molecular flexibility index (Phi) is 4.79. The van der Waals surface area contributed by atoms with Gasteiger partial charge in [-0.3, -0.25) is 4.79 Å². The van der Waals surface area contributed by atoms with Gasteiger partial charge in [0.1, 0.15) is 0 Å². The van der Waals surface area contributed by atoms with Gasteiger partial charge in [-0.05, 0) is 38.8 Å². The first-order chi connectivity index (χ1) is 10.6. The van der Waals surface area contributed by atoms with E-state index in [-0.39, 0.29) is 11.5 Å². The molecule has 23 heavy (non-hydrogen) atoms. The third kappa shape index (κ3) is 4.54. The van der Waals surface area contributed by atoms with Crippen LogP contribution in [0.1, 0.15) is 34.8 Å². The number of aryl methyl sites for hydroxylation is 2. The van der Waals surface area contributed by atoms with Gasteiger partial charge in [-0.15, -0.1) is 0 Å². The number of amides is 1. The zero-order chi connectivity index (χ0) is 17.3. The predicted octanol–water partition coefficient (Wildman–Crippen LogP) is 1.15. The number of ether oxygens (including phenoxy) is 1. The van der Waals surface area contributed by atoms with Crippen molar-refractivity contribution in [3.05, 3.63) is 34.9 Å². The summed E-state index contributed by atoms with van der Waals surface area (Å²) in [5.41, 5.74) is 1.44. The molecule has 1 aromatic rings. The summed E-state index contributed by atoms with van der Waals surface area (Å²) in [5, 5.41) is 2.65. The molecule has 0 saturated carbocycles. The van der Waals surface area contributed by atoms with Crippen molar-refractivity contribution in [3.8, 4) is 0 Å². The molecule has 1 unspecified atom stereocenters. The van der Waals surface area contributed by atoms with E-state index in [2.05, 4.69) is 5.32 Å². The normalized spacial score (nSPS) is 22.6. The van der Waals surface area contributed by atoms with Crippen molar-refractivity contribution in [1.29, 1.82) is 0 Å². The topological polar surface area (TPSA) is 89.5 Å². The second-order valence-corrected chi connectivity index (χ2v) is 8.53. The number of rotatable bonds is 4. The summed E-state index contributed by atoms with van der Waals surface area (Å²) in [6.45, 7) is 4.98. The van der Waals surface area contributed by atoms with Crippen molar-refractivity contribution in [1.82, 2.24) is 5.32 Å². The lowest BCUT2D eigenvalue weighted by Gasteiger charge is -2.23. The lowest BCUT2D eigenvalue weighted by Crippen LogP contribution is -2.48. The molecule has 2 rings (SSSR count). The van der Waals surface area contributed by atoms with E-state index in [1.807, 2.05) is 13.0 Å². The molecule has 0 bridgehead atoms. The van der Waals surface area contributed by atoms with E-state index >= 15 is 0 Å². The average molecular weight is 339 g/mol. The highest BCUT2D eigenvalue weighted by Gasteiger charge is 2.39. The lowest BCUT2D eigenvalue weighted by atomic mass is 10.0. The van der Waals surface area contributed by atoms with Gasteiger partial charge < -0.3 is 10.1 Å². The fraction of sp³-hybridized carbons (Fsp3) is 0.500. The maximum atomic E-state index is 12.0. The molecule has 0 spiro atoms. The van der Waals surface area contributed by atoms with Crippen molar-refractivity contribution >= 4 is 21.7 Å². The summed E-state index contributed by atoms with van der Waals surface area (Å²) >= 11 is 0. The van der Waals surface area contributed by atoms with Crippen molar-refractivity contribution in [2.75, 3.05) is 18.1 Å². The number of nitrogens with one attached hydrogen (secondary N) is 1. The van der Waals surface area contributed by atoms with Crippen LogP contribution in [0.5, 0.6) is 0 Å². The van der Waals surface area contributed by atoms with Gasteiger partial charge in [-0.25, -0.2) is 13.2 Å². The van der Waals surface area contributed by atoms with Gasteiger partial charge >= 0.3 is 5.97 Å². The summed E-state index contributed by atoms with van der Waals surface area (Å²) in [5.74, 6) is -1.09. The van der Waals surface area contributed by atoms with Crippen molar-refractivity contribution in [3.63, 3.8) is 0 Å². The molecule has 1 aromatic carbocycles. The minimum absolute atomic E-state index is 0.0616. The van der Waals surface area contributed by atoms with E-state index < -0.39 is 33.9 Å². The fourth-order valence-corrected chi connectivity index (χ4v) is 4.83. The molecule has 1 aliphatic heterocycles. The first-order valence-electron chi connectivity index (χ1n) is 7.36. The maximum Gasteiger partial charge on any atom is 0.338 e. The predicted molar refractivity (Wildman–Crippen MR) is 86.0 cm³/mol. The van der Waals surface area contributed by atoms with Gasteiger partial charge in [-0.2, -0.15) is 0 Å². The molecule has 1 saturated heterocycles. The van der Waals surface area contributed by atoms with Crippen molar-refractivity contribution < 1.29 is 22.7 Å². The number of hydrogen-bond acceptors (Lipinski definition) is 5. The van der Waals surface area contributed by atoms with Gasteiger partial charge in [0.2, 0.25) is 0 Å². The van der Waals surface area contributed by atoms with Crippen LogP contribution in [0.4, 0.5) is 0 Å². The van der Waals surface area contributed by atoms with Crippen LogP contribution in [0.2, 0.25) is 0 Å². The smallest absolute Gasteiger partial charge is 0.338 e. The highest BCUT2D eigenvalue weighted by atomic mass is 32.2. The largest absolute Gasteiger partial charge is 0.452 e. The molecule has 0 aromatic heterocycles. The summed E-state index contributed by atoms with van der Waals surface area (Å²) in [7, 11) is -3.11. The van der Waals surface area contributed by atoms with E-state index in [0.717, 1.165) is 11.1 Å². The third-order valence-electron chi connectivity index (χ3n) is 3.88. The van der Waals surface area contributed by atoms with Crippen LogP contribution in [-0.2, 0) is 19.4 Å². The third-order valence-corrected chi connectivity index (χ3v) is 5.78. The van der Waals surface area contributed by atoms with E-state index in [0.29, 0.717) is 12.0 Å². The van der Waals surface area contributed by atoms with E-state index in [1.165, 1.54) is 0 Å². The van der Waals surface area contributed by atoms with E-state index in [4.69, 9.17) is 4.74 Å². The minimum Gasteiger partial charge on any atom is -0.452 e. The number of hydrogen-bond donors (Lipinski definition) is 1. The Balaban J connectivity index is 1.90. The summed E-state index contributed by atoms with van der Waals surface area (Å²) < 4.78 is 28.0. The molecule has 1 aliphatic rings. The SMILES string of the molecule is Cc1ccc(C(=O)OCC(=O)NC2(C)CCS(=O)(=O)C2)c(C)c1. The van der Waals surface area contributed by atoms with E-state index in [9.17, 15) is 18.0 Å². The lowest BCUT2D eigenvalue weighted by molar-refractivity contribution is -0.125. The highest BCUT2D eigenvalue weighted by Crippen LogP contribution is 2.22. The Morgan fingerprint density at radius 2 is 2.00 bits per heavy atom. The zero-order valence-electron chi connectivity index (χ0n) is 13.5. The molecule has 1 amide bonds. The van der Waals surface area contributed by atoms with Crippen molar-refractivity contribution in [2.24, 2.45) is 0 Å². The van der Waals surface area contributed by atoms with Crippen LogP contribution in [0.3, 0.4) is 0 Å². The Bertz CT molecular complexity index is 741. The quantitative estimate of drug-likeness (QED) is 0.831. The second-order valence-electron chi connectivity index (χ2n) is 6.35. The molecule has 126 valence electrons. The first-order valence-corrected chi connectivity index (χ1v) is 9.18. The Morgan fingerprint density at radius 3 is 2.57 bits per heavy atom. The second kappa shape index (κ2) is 6.31.